The van der Waals surface area contributed by atoms with E-state index in [1.807, 2.05) is 48.5 Å². The molecule has 0 unspecified atom stereocenters. The highest BCUT2D eigenvalue weighted by Gasteiger charge is 2.15. The number of nitrogens with zero attached hydrogens (tertiary/aromatic N) is 5. The topological polar surface area (TPSA) is 94.9 Å². The van der Waals surface area contributed by atoms with Gasteiger partial charge >= 0.3 is 5.69 Å². The standard InChI is InChI=1S/C22H18N6O3/c1-31-17-9-7-15(8-10-17)18-13-19-21-25-28(22(30)26(21)11-12-27(19)24-18)14-20(29)23-16-5-3-2-4-6-16/h2-13H,14H2,1H3,(H,23,29). The second-order valence-corrected chi connectivity index (χ2v) is 6.93. The van der Waals surface area contributed by atoms with Crippen molar-refractivity contribution >= 4 is 22.8 Å². The van der Waals surface area contributed by atoms with Crippen LogP contribution in [0.3, 0.4) is 0 Å². The summed E-state index contributed by atoms with van der Waals surface area (Å²) in [5.41, 5.74) is 2.99. The van der Waals surface area contributed by atoms with Crippen molar-refractivity contribution in [3.8, 4) is 17.0 Å². The molecule has 0 saturated heterocycles. The number of para-hydroxylation sites is 1. The second kappa shape index (κ2) is 7.45. The van der Waals surface area contributed by atoms with Gasteiger partial charge in [-0.1, -0.05) is 18.2 Å². The number of carbonyl (C=O) groups is 1. The van der Waals surface area contributed by atoms with Gasteiger partial charge in [0.1, 0.15) is 17.8 Å². The van der Waals surface area contributed by atoms with Gasteiger partial charge in [-0.25, -0.2) is 18.4 Å². The molecule has 5 aromatic rings. The van der Waals surface area contributed by atoms with Gasteiger partial charge in [-0.3, -0.25) is 4.79 Å². The highest BCUT2D eigenvalue weighted by Crippen LogP contribution is 2.23. The molecule has 0 spiro atoms. The smallest absolute Gasteiger partial charge is 0.350 e. The maximum Gasteiger partial charge on any atom is 0.350 e. The van der Waals surface area contributed by atoms with Crippen LogP contribution in [0.2, 0.25) is 0 Å². The Morgan fingerprint density at radius 2 is 1.81 bits per heavy atom. The summed E-state index contributed by atoms with van der Waals surface area (Å²) in [6.45, 7) is -0.193. The lowest BCUT2D eigenvalue weighted by Gasteiger charge is -2.03. The summed E-state index contributed by atoms with van der Waals surface area (Å²) in [6, 6.07) is 18.5. The number of ether oxygens (including phenoxy) is 1. The molecule has 9 heteroatoms. The number of benzene rings is 2. The molecule has 0 radical (unpaired) electrons. The van der Waals surface area contributed by atoms with Crippen LogP contribution < -0.4 is 15.7 Å². The number of anilines is 1. The Labute approximate surface area is 176 Å². The van der Waals surface area contributed by atoms with E-state index in [2.05, 4.69) is 15.5 Å². The molecule has 3 heterocycles. The molecule has 5 rings (SSSR count). The molecule has 1 amide bonds. The number of hydrogen-bond donors (Lipinski definition) is 1. The summed E-state index contributed by atoms with van der Waals surface area (Å²) >= 11 is 0. The largest absolute Gasteiger partial charge is 0.497 e. The zero-order chi connectivity index (χ0) is 21.4. The van der Waals surface area contributed by atoms with Crippen LogP contribution >= 0.6 is 0 Å². The monoisotopic (exact) mass is 414 g/mol. The average Bonchev–Trinajstić information content (AvgIpc) is 3.36. The molecule has 154 valence electrons. The highest BCUT2D eigenvalue weighted by molar-refractivity contribution is 5.90. The number of hydrogen-bond acceptors (Lipinski definition) is 5. The number of aromatic nitrogens is 5. The maximum absolute atomic E-state index is 12.7. The fraction of sp³-hybridized carbons (Fsp3) is 0.0909. The van der Waals surface area contributed by atoms with Crippen LogP contribution in [0.1, 0.15) is 0 Å². The lowest BCUT2D eigenvalue weighted by molar-refractivity contribution is -0.117. The fourth-order valence-electron chi connectivity index (χ4n) is 3.40. The van der Waals surface area contributed by atoms with Gasteiger partial charge in [0.2, 0.25) is 5.91 Å². The molecule has 0 bridgehead atoms. The van der Waals surface area contributed by atoms with E-state index in [0.717, 1.165) is 21.7 Å². The summed E-state index contributed by atoms with van der Waals surface area (Å²) in [5.74, 6) is 0.425. The van der Waals surface area contributed by atoms with Crippen molar-refractivity contribution in [2.75, 3.05) is 12.4 Å². The predicted molar refractivity (Wildman–Crippen MR) is 115 cm³/mol. The third kappa shape index (κ3) is 3.42. The molecule has 1 N–H and O–H groups in total. The van der Waals surface area contributed by atoms with Gasteiger partial charge < -0.3 is 10.1 Å². The van der Waals surface area contributed by atoms with Crippen LogP contribution in [0.15, 0.2) is 77.9 Å². The zero-order valence-corrected chi connectivity index (χ0v) is 16.6. The van der Waals surface area contributed by atoms with Crippen molar-refractivity contribution in [2.24, 2.45) is 0 Å². The van der Waals surface area contributed by atoms with E-state index in [9.17, 15) is 9.59 Å². The van der Waals surface area contributed by atoms with E-state index in [4.69, 9.17) is 4.74 Å². The Morgan fingerprint density at radius 1 is 1.03 bits per heavy atom. The number of fused-ring (bicyclic) bond motifs is 3. The zero-order valence-electron chi connectivity index (χ0n) is 16.6. The molecule has 0 aliphatic rings. The van der Waals surface area contributed by atoms with E-state index >= 15 is 0 Å². The summed E-state index contributed by atoms with van der Waals surface area (Å²) in [6.07, 6.45) is 3.28. The van der Waals surface area contributed by atoms with Crippen molar-refractivity contribution in [3.05, 3.63) is 83.5 Å². The number of carbonyl (C=O) groups excluding carboxylic acids is 1. The molecule has 2 aromatic carbocycles. The first kappa shape index (κ1) is 18.6. The Morgan fingerprint density at radius 3 is 2.55 bits per heavy atom. The van der Waals surface area contributed by atoms with E-state index < -0.39 is 5.69 Å². The third-order valence-electron chi connectivity index (χ3n) is 4.93. The normalized spacial score (nSPS) is 11.1. The van der Waals surface area contributed by atoms with Crippen molar-refractivity contribution in [1.29, 1.82) is 0 Å². The second-order valence-electron chi connectivity index (χ2n) is 6.93. The molecule has 0 atom stereocenters. The number of methoxy groups -OCH3 is 1. The van der Waals surface area contributed by atoms with E-state index in [-0.39, 0.29) is 12.5 Å². The van der Waals surface area contributed by atoms with Crippen LogP contribution in [0, 0.1) is 0 Å². The molecule has 0 aliphatic carbocycles. The number of rotatable bonds is 5. The van der Waals surface area contributed by atoms with Crippen molar-refractivity contribution in [1.82, 2.24) is 23.8 Å². The van der Waals surface area contributed by atoms with Crippen LogP contribution in [0.4, 0.5) is 5.69 Å². The van der Waals surface area contributed by atoms with Gasteiger partial charge in [0.25, 0.3) is 0 Å². The van der Waals surface area contributed by atoms with E-state index in [1.54, 1.807) is 36.2 Å². The first-order valence-electron chi connectivity index (χ1n) is 9.59. The molecule has 3 aromatic heterocycles. The van der Waals surface area contributed by atoms with Crippen molar-refractivity contribution in [2.45, 2.75) is 6.54 Å². The molecular weight excluding hydrogens is 396 g/mol. The Kier molecular flexibility index (Phi) is 4.47. The van der Waals surface area contributed by atoms with E-state index in [1.165, 1.54) is 4.40 Å². The average molecular weight is 414 g/mol. The molecule has 31 heavy (non-hydrogen) atoms. The SMILES string of the molecule is COc1ccc(-c2cc3c4nn(CC(=O)Nc5ccccc5)c(=O)n4ccn3n2)cc1. The Bertz CT molecular complexity index is 1450. The van der Waals surface area contributed by atoms with Gasteiger partial charge in [-0.05, 0) is 42.5 Å². The first-order chi connectivity index (χ1) is 15.1. The van der Waals surface area contributed by atoms with Crippen molar-refractivity contribution < 1.29 is 9.53 Å². The molecule has 0 fully saturated rings. The lowest BCUT2D eigenvalue weighted by atomic mass is 10.1. The van der Waals surface area contributed by atoms with Crippen molar-refractivity contribution in [3.63, 3.8) is 0 Å². The summed E-state index contributed by atoms with van der Waals surface area (Å²) in [5, 5.41) is 11.7. The van der Waals surface area contributed by atoms with Gasteiger partial charge in [-0.15, -0.1) is 5.10 Å². The quantitative estimate of drug-likeness (QED) is 0.477. The van der Waals surface area contributed by atoms with Gasteiger partial charge in [0, 0.05) is 23.6 Å². The van der Waals surface area contributed by atoms with Crippen LogP contribution in [-0.2, 0) is 11.3 Å². The lowest BCUT2D eigenvalue weighted by Crippen LogP contribution is -2.28. The maximum atomic E-state index is 12.7. The number of nitrogens with one attached hydrogen (secondary N) is 1. The third-order valence-corrected chi connectivity index (χ3v) is 4.93. The molecular formula is C22H18N6O3. The van der Waals surface area contributed by atoms with Crippen LogP contribution in [-0.4, -0.2) is 36.8 Å². The minimum absolute atomic E-state index is 0.193. The van der Waals surface area contributed by atoms with Crippen LogP contribution in [0.25, 0.3) is 22.4 Å². The van der Waals surface area contributed by atoms with Crippen LogP contribution in [0.5, 0.6) is 5.75 Å². The molecule has 0 saturated carbocycles. The summed E-state index contributed by atoms with van der Waals surface area (Å²) in [4.78, 5) is 25.1. The highest BCUT2D eigenvalue weighted by atomic mass is 16.5. The minimum atomic E-state index is -0.395. The Hall–Kier alpha value is -4.40. The summed E-state index contributed by atoms with van der Waals surface area (Å²) in [7, 11) is 1.62. The molecule has 0 aliphatic heterocycles. The van der Waals surface area contributed by atoms with Gasteiger partial charge in [0.05, 0.1) is 12.8 Å². The molecule has 9 nitrogen and oxygen atoms in total. The fourth-order valence-corrected chi connectivity index (χ4v) is 3.40. The number of amides is 1. The Balaban J connectivity index is 1.49. The van der Waals surface area contributed by atoms with E-state index in [0.29, 0.717) is 16.9 Å². The minimum Gasteiger partial charge on any atom is -0.497 e. The predicted octanol–water partition coefficient (Wildman–Crippen LogP) is 2.46. The van der Waals surface area contributed by atoms with Gasteiger partial charge in [-0.2, -0.15) is 5.10 Å². The first-order valence-corrected chi connectivity index (χ1v) is 9.59. The summed E-state index contributed by atoms with van der Waals surface area (Å²) < 4.78 is 9.41. The van der Waals surface area contributed by atoms with Gasteiger partial charge in [0.15, 0.2) is 5.65 Å².